The van der Waals surface area contributed by atoms with Crippen molar-refractivity contribution in [3.63, 3.8) is 0 Å². The van der Waals surface area contributed by atoms with Crippen LogP contribution in [0.25, 0.3) is 0 Å². The van der Waals surface area contributed by atoms with Crippen LogP contribution in [-0.4, -0.2) is 42.3 Å². The first-order chi connectivity index (χ1) is 8.50. The normalized spacial score (nSPS) is 37.6. The van der Waals surface area contributed by atoms with Gasteiger partial charge in [-0.1, -0.05) is 20.8 Å². The molecule has 2 saturated heterocycles. The van der Waals surface area contributed by atoms with Gasteiger partial charge in [0.15, 0.2) is 0 Å². The van der Waals surface area contributed by atoms with Crippen molar-refractivity contribution < 1.29 is 9.53 Å². The van der Waals surface area contributed by atoms with Gasteiger partial charge in [0, 0.05) is 18.6 Å². The van der Waals surface area contributed by atoms with Gasteiger partial charge in [0.05, 0.1) is 18.8 Å². The third kappa shape index (κ3) is 2.69. The van der Waals surface area contributed by atoms with Gasteiger partial charge >= 0.3 is 0 Å². The summed E-state index contributed by atoms with van der Waals surface area (Å²) in [7, 11) is 0. The first-order valence-corrected chi connectivity index (χ1v) is 7.16. The second-order valence-electron chi connectivity index (χ2n) is 6.18. The molecule has 0 bridgehead atoms. The van der Waals surface area contributed by atoms with Gasteiger partial charge in [-0.15, -0.1) is 0 Å². The van der Waals surface area contributed by atoms with E-state index in [0.717, 1.165) is 26.1 Å². The largest absolute Gasteiger partial charge is 0.381 e. The molecule has 0 radical (unpaired) electrons. The summed E-state index contributed by atoms with van der Waals surface area (Å²) in [6, 6.07) is 0.348. The van der Waals surface area contributed by atoms with E-state index in [4.69, 9.17) is 4.74 Å². The number of ether oxygens (including phenoxy) is 1. The van der Waals surface area contributed by atoms with Crippen LogP contribution in [0, 0.1) is 11.8 Å². The summed E-state index contributed by atoms with van der Waals surface area (Å²) in [5, 5.41) is 3.44. The van der Waals surface area contributed by atoms with Crippen LogP contribution < -0.4 is 5.32 Å². The highest BCUT2D eigenvalue weighted by molar-refractivity contribution is 5.84. The molecule has 0 aromatic rings. The first-order valence-electron chi connectivity index (χ1n) is 7.16. The lowest BCUT2D eigenvalue weighted by Crippen LogP contribution is -2.49. The van der Waals surface area contributed by atoms with Crippen molar-refractivity contribution in [1.29, 1.82) is 0 Å². The predicted octanol–water partition coefficient (Wildman–Crippen LogP) is 1.60. The molecular weight excluding hydrogens is 228 g/mol. The lowest BCUT2D eigenvalue weighted by atomic mass is 9.95. The molecule has 0 aromatic heterocycles. The van der Waals surface area contributed by atoms with Crippen molar-refractivity contribution in [2.24, 2.45) is 11.8 Å². The fourth-order valence-corrected chi connectivity index (χ4v) is 3.19. The summed E-state index contributed by atoms with van der Waals surface area (Å²) < 4.78 is 5.48. The Labute approximate surface area is 110 Å². The molecule has 2 rings (SSSR count). The number of rotatable bonds is 3. The lowest BCUT2D eigenvalue weighted by molar-refractivity contribution is -0.136. The number of nitrogens with zero attached hydrogens (tertiary/aromatic N) is 1. The third-order valence-corrected chi connectivity index (χ3v) is 4.07. The van der Waals surface area contributed by atoms with Crippen molar-refractivity contribution in [3.05, 3.63) is 0 Å². The summed E-state index contributed by atoms with van der Waals surface area (Å²) in [6.07, 6.45) is 2.05. The molecule has 4 heteroatoms. The zero-order valence-corrected chi connectivity index (χ0v) is 12.0. The predicted molar refractivity (Wildman–Crippen MR) is 71.1 cm³/mol. The first kappa shape index (κ1) is 13.8. The van der Waals surface area contributed by atoms with Crippen LogP contribution in [0.5, 0.6) is 0 Å². The Hall–Kier alpha value is -0.610. The molecule has 0 aliphatic carbocycles. The van der Waals surface area contributed by atoms with Gasteiger partial charge in [0.25, 0.3) is 0 Å². The summed E-state index contributed by atoms with van der Waals surface area (Å²) in [5.41, 5.74) is 0. The van der Waals surface area contributed by atoms with Crippen LogP contribution in [0.15, 0.2) is 0 Å². The minimum atomic E-state index is 0.00930. The van der Waals surface area contributed by atoms with Crippen molar-refractivity contribution in [2.45, 2.75) is 58.8 Å². The van der Waals surface area contributed by atoms with Crippen LogP contribution in [0.4, 0.5) is 0 Å². The quantitative estimate of drug-likeness (QED) is 0.832. The third-order valence-electron chi connectivity index (χ3n) is 4.07. The van der Waals surface area contributed by atoms with Crippen LogP contribution in [0.1, 0.15) is 40.5 Å². The van der Waals surface area contributed by atoms with E-state index < -0.39 is 0 Å². The fraction of sp³-hybridized carbons (Fsp3) is 0.929. The Morgan fingerprint density at radius 1 is 1.44 bits per heavy atom. The van der Waals surface area contributed by atoms with Crippen LogP contribution in [0.3, 0.4) is 0 Å². The number of hydrogen-bond acceptors (Lipinski definition) is 3. The standard InChI is InChI=1S/C14H26N2O2/c1-9(2)7-12-14(17)16(11(4)15-12)13-5-6-18-8-10(13)3/h9-13,15H,5-8H2,1-4H3. The summed E-state index contributed by atoms with van der Waals surface area (Å²) in [5.74, 6) is 1.27. The Bertz CT molecular complexity index is 306. The second kappa shape index (κ2) is 5.57. The maximum atomic E-state index is 12.5. The van der Waals surface area contributed by atoms with Gasteiger partial charge in [0.1, 0.15) is 0 Å². The van der Waals surface area contributed by atoms with E-state index >= 15 is 0 Å². The average molecular weight is 254 g/mol. The Morgan fingerprint density at radius 3 is 2.78 bits per heavy atom. The maximum Gasteiger partial charge on any atom is 0.241 e. The van der Waals surface area contributed by atoms with E-state index in [1.807, 2.05) is 0 Å². The lowest BCUT2D eigenvalue weighted by Gasteiger charge is -2.38. The maximum absolute atomic E-state index is 12.5. The van der Waals surface area contributed by atoms with Crippen molar-refractivity contribution >= 4 is 5.91 Å². The summed E-state index contributed by atoms with van der Waals surface area (Å²) >= 11 is 0. The van der Waals surface area contributed by atoms with Gasteiger partial charge in [-0.05, 0) is 25.7 Å². The zero-order valence-electron chi connectivity index (χ0n) is 12.0. The summed E-state index contributed by atoms with van der Waals surface area (Å²) in [6.45, 7) is 10.2. The highest BCUT2D eigenvalue weighted by Crippen LogP contribution is 2.27. The highest BCUT2D eigenvalue weighted by atomic mass is 16.5. The molecule has 4 atom stereocenters. The second-order valence-corrected chi connectivity index (χ2v) is 6.18. The molecule has 2 aliphatic heterocycles. The van der Waals surface area contributed by atoms with Gasteiger partial charge in [-0.3, -0.25) is 10.1 Å². The molecule has 18 heavy (non-hydrogen) atoms. The van der Waals surface area contributed by atoms with Gasteiger partial charge in [0.2, 0.25) is 5.91 Å². The number of nitrogens with one attached hydrogen (secondary N) is 1. The molecule has 0 saturated carbocycles. The van der Waals surface area contributed by atoms with E-state index in [1.54, 1.807) is 0 Å². The van der Waals surface area contributed by atoms with E-state index in [1.165, 1.54) is 0 Å². The van der Waals surface area contributed by atoms with Gasteiger partial charge in [-0.2, -0.15) is 0 Å². The molecule has 1 N–H and O–H groups in total. The van der Waals surface area contributed by atoms with Crippen LogP contribution in [0.2, 0.25) is 0 Å². The van der Waals surface area contributed by atoms with E-state index in [2.05, 4.69) is 37.9 Å². The van der Waals surface area contributed by atoms with Crippen molar-refractivity contribution in [3.8, 4) is 0 Å². The minimum absolute atomic E-state index is 0.00930. The van der Waals surface area contributed by atoms with E-state index in [0.29, 0.717) is 17.9 Å². The monoisotopic (exact) mass is 254 g/mol. The smallest absolute Gasteiger partial charge is 0.241 e. The van der Waals surface area contributed by atoms with Gasteiger partial charge < -0.3 is 9.64 Å². The fourth-order valence-electron chi connectivity index (χ4n) is 3.19. The molecule has 2 aliphatic rings. The van der Waals surface area contributed by atoms with Gasteiger partial charge in [-0.25, -0.2) is 0 Å². The molecular formula is C14H26N2O2. The van der Waals surface area contributed by atoms with E-state index in [-0.39, 0.29) is 18.1 Å². The average Bonchev–Trinajstić information content (AvgIpc) is 2.55. The molecule has 4 nitrogen and oxygen atoms in total. The molecule has 0 aromatic carbocycles. The molecule has 2 heterocycles. The number of carbonyl (C=O) groups excluding carboxylic acids is 1. The topological polar surface area (TPSA) is 41.6 Å². The van der Waals surface area contributed by atoms with Crippen LogP contribution in [-0.2, 0) is 9.53 Å². The van der Waals surface area contributed by atoms with Crippen molar-refractivity contribution in [2.75, 3.05) is 13.2 Å². The molecule has 104 valence electrons. The molecule has 1 amide bonds. The Balaban J connectivity index is 2.06. The SMILES string of the molecule is CC(C)CC1NC(C)N(C2CCOCC2C)C1=O. The molecule has 0 spiro atoms. The van der Waals surface area contributed by atoms with E-state index in [9.17, 15) is 4.79 Å². The Morgan fingerprint density at radius 2 is 2.17 bits per heavy atom. The Kier molecular flexibility index (Phi) is 4.28. The highest BCUT2D eigenvalue weighted by Gasteiger charge is 2.42. The zero-order chi connectivity index (χ0) is 13.3. The number of carbonyl (C=O) groups is 1. The summed E-state index contributed by atoms with van der Waals surface area (Å²) in [4.78, 5) is 14.6. The van der Waals surface area contributed by atoms with Crippen molar-refractivity contribution in [1.82, 2.24) is 10.2 Å². The minimum Gasteiger partial charge on any atom is -0.381 e. The number of hydrogen-bond donors (Lipinski definition) is 1. The van der Waals surface area contributed by atoms with Crippen LogP contribution >= 0.6 is 0 Å². The molecule has 2 fully saturated rings. The number of amides is 1. The molecule has 4 unspecified atom stereocenters.